The van der Waals surface area contributed by atoms with Crippen LogP contribution in [0.5, 0.6) is 0 Å². The highest BCUT2D eigenvalue weighted by atomic mass is 32.2. The summed E-state index contributed by atoms with van der Waals surface area (Å²) in [5.41, 5.74) is 0.364. The predicted molar refractivity (Wildman–Crippen MR) is 80.6 cm³/mol. The molecule has 0 fully saturated rings. The van der Waals surface area contributed by atoms with E-state index in [1.807, 2.05) is 0 Å². The van der Waals surface area contributed by atoms with E-state index in [1.54, 1.807) is 24.3 Å². The number of hydrogen-bond donors (Lipinski definition) is 0. The first kappa shape index (κ1) is 15.4. The third-order valence-corrected chi connectivity index (χ3v) is 4.17. The third kappa shape index (κ3) is 3.58. The molecule has 112 valence electrons. The number of carbonyl (C=O) groups is 1. The van der Waals surface area contributed by atoms with Crippen molar-refractivity contribution in [3.8, 4) is 0 Å². The summed E-state index contributed by atoms with van der Waals surface area (Å²) in [5.74, 6) is -0.815. The van der Waals surface area contributed by atoms with Crippen molar-refractivity contribution in [2.45, 2.75) is 0 Å². The second-order valence-electron chi connectivity index (χ2n) is 5.00. The normalized spacial score (nSPS) is 11.6. The number of amides is 1. The fourth-order valence-corrected chi connectivity index (χ4v) is 2.66. The maximum Gasteiger partial charge on any atom is 0.254 e. The summed E-state index contributed by atoms with van der Waals surface area (Å²) < 4.78 is 36.1. The van der Waals surface area contributed by atoms with Gasteiger partial charge in [0.2, 0.25) is 0 Å². The van der Waals surface area contributed by atoms with Crippen LogP contribution in [0.3, 0.4) is 0 Å². The van der Waals surface area contributed by atoms with Gasteiger partial charge < -0.3 is 4.90 Å². The molecular formula is C15H16FNO3S. The van der Waals surface area contributed by atoms with E-state index in [2.05, 4.69) is 0 Å². The number of fused-ring (bicyclic) bond motifs is 1. The Kier molecular flexibility index (Phi) is 4.27. The van der Waals surface area contributed by atoms with Crippen LogP contribution < -0.4 is 0 Å². The smallest absolute Gasteiger partial charge is 0.254 e. The lowest BCUT2D eigenvalue weighted by atomic mass is 10.0. The van der Waals surface area contributed by atoms with Crippen LogP contribution >= 0.6 is 0 Å². The Labute approximate surface area is 123 Å². The largest absolute Gasteiger partial charge is 0.341 e. The van der Waals surface area contributed by atoms with Crippen LogP contribution in [-0.2, 0) is 9.84 Å². The molecule has 2 rings (SSSR count). The van der Waals surface area contributed by atoms with E-state index in [9.17, 15) is 17.6 Å². The summed E-state index contributed by atoms with van der Waals surface area (Å²) in [4.78, 5) is 13.7. The second kappa shape index (κ2) is 5.81. The minimum absolute atomic E-state index is 0.101. The number of carbonyl (C=O) groups excluding carboxylic acids is 1. The molecule has 0 aliphatic rings. The number of hydrogen-bond acceptors (Lipinski definition) is 3. The molecule has 21 heavy (non-hydrogen) atoms. The molecule has 0 N–H and O–H groups in total. The monoisotopic (exact) mass is 309 g/mol. The highest BCUT2D eigenvalue weighted by Crippen LogP contribution is 2.22. The molecule has 0 saturated carbocycles. The summed E-state index contributed by atoms with van der Waals surface area (Å²) in [6, 6.07) is 9.40. The van der Waals surface area contributed by atoms with E-state index in [1.165, 1.54) is 24.1 Å². The van der Waals surface area contributed by atoms with E-state index in [4.69, 9.17) is 0 Å². The quantitative estimate of drug-likeness (QED) is 0.869. The molecule has 0 radical (unpaired) electrons. The molecule has 4 nitrogen and oxygen atoms in total. The first-order valence-corrected chi connectivity index (χ1v) is 8.46. The average molecular weight is 309 g/mol. The summed E-state index contributed by atoms with van der Waals surface area (Å²) >= 11 is 0. The van der Waals surface area contributed by atoms with Crippen LogP contribution in [0.1, 0.15) is 10.4 Å². The maximum atomic E-state index is 13.7. The lowest BCUT2D eigenvalue weighted by molar-refractivity contribution is 0.0805. The standard InChI is InChI=1S/C15H16FNO3S/c1-17(9-10-21(2,19)20)15(18)13-7-8-14(16)12-6-4-3-5-11(12)13/h3-8H,9-10H2,1-2H3. The molecule has 0 heterocycles. The Morgan fingerprint density at radius 1 is 1.14 bits per heavy atom. The van der Waals surface area contributed by atoms with Gasteiger partial charge in [0, 0.05) is 30.8 Å². The van der Waals surface area contributed by atoms with Crippen LogP contribution in [0.2, 0.25) is 0 Å². The highest BCUT2D eigenvalue weighted by Gasteiger charge is 2.17. The van der Waals surface area contributed by atoms with Gasteiger partial charge >= 0.3 is 0 Å². The summed E-state index contributed by atoms with van der Waals surface area (Å²) in [7, 11) is -1.60. The second-order valence-corrected chi connectivity index (χ2v) is 7.26. The number of nitrogens with zero attached hydrogens (tertiary/aromatic N) is 1. The van der Waals surface area contributed by atoms with Crippen LogP contribution in [0, 0.1) is 5.82 Å². The van der Waals surface area contributed by atoms with Gasteiger partial charge in [0.25, 0.3) is 5.91 Å². The van der Waals surface area contributed by atoms with Gasteiger partial charge in [-0.05, 0) is 17.5 Å². The average Bonchev–Trinajstić information content (AvgIpc) is 2.44. The molecule has 0 unspecified atom stereocenters. The molecule has 0 atom stereocenters. The van der Waals surface area contributed by atoms with E-state index >= 15 is 0 Å². The highest BCUT2D eigenvalue weighted by molar-refractivity contribution is 7.90. The Hall–Kier alpha value is -1.95. The molecule has 0 aliphatic heterocycles. The van der Waals surface area contributed by atoms with Crippen molar-refractivity contribution in [2.24, 2.45) is 0 Å². The van der Waals surface area contributed by atoms with Gasteiger partial charge in [0.1, 0.15) is 15.7 Å². The van der Waals surface area contributed by atoms with Gasteiger partial charge in [-0.2, -0.15) is 0 Å². The zero-order valence-corrected chi connectivity index (χ0v) is 12.7. The molecule has 0 spiro atoms. The van der Waals surface area contributed by atoms with Gasteiger partial charge in [-0.3, -0.25) is 4.79 Å². The molecule has 0 bridgehead atoms. The Balaban J connectivity index is 2.34. The van der Waals surface area contributed by atoms with Crippen LogP contribution in [0.4, 0.5) is 4.39 Å². The molecule has 2 aromatic rings. The summed E-state index contributed by atoms with van der Waals surface area (Å²) in [5, 5.41) is 0.897. The summed E-state index contributed by atoms with van der Waals surface area (Å²) in [6.45, 7) is 0.101. The fraction of sp³-hybridized carbons (Fsp3) is 0.267. The lowest BCUT2D eigenvalue weighted by Crippen LogP contribution is -2.31. The van der Waals surface area contributed by atoms with E-state index in [0.29, 0.717) is 16.3 Å². The van der Waals surface area contributed by atoms with Gasteiger partial charge in [-0.1, -0.05) is 24.3 Å². The number of benzene rings is 2. The van der Waals surface area contributed by atoms with Crippen molar-refractivity contribution < 1.29 is 17.6 Å². The number of rotatable bonds is 4. The third-order valence-electron chi connectivity index (χ3n) is 3.25. The molecule has 6 heteroatoms. The molecule has 0 saturated heterocycles. The minimum Gasteiger partial charge on any atom is -0.341 e. The molecule has 0 aliphatic carbocycles. The molecular weight excluding hydrogens is 293 g/mol. The Bertz CT molecular complexity index is 787. The van der Waals surface area contributed by atoms with Crippen molar-refractivity contribution in [1.82, 2.24) is 4.90 Å². The summed E-state index contributed by atoms with van der Waals surface area (Å²) in [6.07, 6.45) is 1.12. The maximum absolute atomic E-state index is 13.7. The van der Waals surface area contributed by atoms with Crippen molar-refractivity contribution in [3.63, 3.8) is 0 Å². The fourth-order valence-electron chi connectivity index (χ4n) is 2.06. The van der Waals surface area contributed by atoms with Gasteiger partial charge in [-0.25, -0.2) is 12.8 Å². The number of sulfone groups is 1. The van der Waals surface area contributed by atoms with E-state index in [-0.39, 0.29) is 24.0 Å². The van der Waals surface area contributed by atoms with E-state index < -0.39 is 9.84 Å². The molecule has 1 amide bonds. The first-order valence-electron chi connectivity index (χ1n) is 6.40. The van der Waals surface area contributed by atoms with Crippen LogP contribution in [-0.4, -0.2) is 44.8 Å². The van der Waals surface area contributed by atoms with Crippen molar-refractivity contribution >= 4 is 26.5 Å². The zero-order chi connectivity index (χ0) is 15.6. The van der Waals surface area contributed by atoms with Crippen molar-refractivity contribution in [3.05, 3.63) is 47.8 Å². The van der Waals surface area contributed by atoms with E-state index in [0.717, 1.165) is 6.26 Å². The van der Waals surface area contributed by atoms with Gasteiger partial charge in [0.05, 0.1) is 5.75 Å². The molecule has 2 aromatic carbocycles. The zero-order valence-electron chi connectivity index (χ0n) is 11.8. The van der Waals surface area contributed by atoms with Gasteiger partial charge in [-0.15, -0.1) is 0 Å². The minimum atomic E-state index is -3.14. The predicted octanol–water partition coefficient (Wildman–Crippen LogP) is 2.10. The van der Waals surface area contributed by atoms with Crippen molar-refractivity contribution in [1.29, 1.82) is 0 Å². The van der Waals surface area contributed by atoms with Crippen LogP contribution in [0.25, 0.3) is 10.8 Å². The Morgan fingerprint density at radius 3 is 2.38 bits per heavy atom. The van der Waals surface area contributed by atoms with Crippen molar-refractivity contribution in [2.75, 3.05) is 25.6 Å². The topological polar surface area (TPSA) is 54.5 Å². The lowest BCUT2D eigenvalue weighted by Gasteiger charge is -2.18. The SMILES string of the molecule is CN(CCS(C)(=O)=O)C(=O)c1ccc(F)c2ccccc12. The Morgan fingerprint density at radius 2 is 1.76 bits per heavy atom. The number of halogens is 1. The van der Waals surface area contributed by atoms with Gasteiger partial charge in [0.15, 0.2) is 0 Å². The molecule has 0 aromatic heterocycles. The van der Waals surface area contributed by atoms with Crippen LogP contribution in [0.15, 0.2) is 36.4 Å². The first-order chi connectivity index (χ1) is 9.79.